The summed E-state index contributed by atoms with van der Waals surface area (Å²) in [5.41, 5.74) is 4.17. The number of piperazine rings is 1. The number of nitrogens with one attached hydrogen (secondary N) is 3. The fraction of sp³-hybridized carbons (Fsp3) is 0.300. The molecule has 2 aromatic heterocycles. The van der Waals surface area contributed by atoms with E-state index in [1.807, 2.05) is 29.3 Å². The molecule has 0 spiro atoms. The third-order valence-corrected chi connectivity index (χ3v) is 5.29. The number of benzene rings is 1. The van der Waals surface area contributed by atoms with Crippen LogP contribution in [0, 0.1) is 0 Å². The second-order valence-electron chi connectivity index (χ2n) is 7.15. The smallest absolute Gasteiger partial charge is 0.272 e. The molecule has 9 nitrogen and oxygen atoms in total. The third-order valence-electron chi connectivity index (χ3n) is 5.29. The minimum atomic E-state index is -0.179. The van der Waals surface area contributed by atoms with E-state index in [0.717, 1.165) is 54.1 Å². The molecule has 0 saturated carbocycles. The summed E-state index contributed by atoms with van der Waals surface area (Å²) in [5.74, 6) is -0.179. The van der Waals surface area contributed by atoms with Gasteiger partial charge in [-0.2, -0.15) is 10.2 Å². The van der Waals surface area contributed by atoms with Crippen LogP contribution < -0.4 is 20.5 Å². The molecule has 1 aromatic carbocycles. The Labute approximate surface area is 167 Å². The van der Waals surface area contributed by atoms with Crippen LogP contribution in [0.5, 0.6) is 0 Å². The third kappa shape index (κ3) is 3.52. The highest BCUT2D eigenvalue weighted by Gasteiger charge is 2.23. The molecule has 148 valence electrons. The number of rotatable bonds is 4. The molecule has 0 atom stereocenters. The summed E-state index contributed by atoms with van der Waals surface area (Å²) in [6, 6.07) is 7.92. The predicted octanol–water partition coefficient (Wildman–Crippen LogP) is 1.57. The van der Waals surface area contributed by atoms with Crippen LogP contribution in [-0.2, 0) is 4.79 Å². The quantitative estimate of drug-likeness (QED) is 0.625. The van der Waals surface area contributed by atoms with Crippen LogP contribution in [0.3, 0.4) is 0 Å². The Balaban J connectivity index is 1.33. The standard InChI is InChI=1S/C20H22N8O/c29-20(24-18-13-22-5-3-19(18)27-9-6-21-7-10-27)17-4-8-28(26-17)15-1-2-16-14(11-15)12-23-25-16/h1-3,5,11-13,21H,4,6-10H2,(H,23,25)(H,24,29). The van der Waals surface area contributed by atoms with Crippen molar-refractivity contribution in [1.29, 1.82) is 0 Å². The summed E-state index contributed by atoms with van der Waals surface area (Å²) < 4.78 is 0. The largest absolute Gasteiger partial charge is 0.367 e. The second-order valence-corrected chi connectivity index (χ2v) is 7.15. The fourth-order valence-electron chi connectivity index (χ4n) is 3.75. The average molecular weight is 390 g/mol. The Bertz CT molecular complexity index is 1070. The van der Waals surface area contributed by atoms with Crippen LogP contribution >= 0.6 is 0 Å². The maximum Gasteiger partial charge on any atom is 0.272 e. The molecule has 3 N–H and O–H groups in total. The second kappa shape index (κ2) is 7.51. The Kier molecular flexibility index (Phi) is 4.57. The summed E-state index contributed by atoms with van der Waals surface area (Å²) in [4.78, 5) is 19.3. The van der Waals surface area contributed by atoms with E-state index in [9.17, 15) is 4.79 Å². The number of amides is 1. The summed E-state index contributed by atoms with van der Waals surface area (Å²) in [6.07, 6.45) is 5.84. The van der Waals surface area contributed by atoms with Crippen LogP contribution in [0.4, 0.5) is 17.1 Å². The van der Waals surface area contributed by atoms with Crippen LogP contribution in [0.1, 0.15) is 6.42 Å². The van der Waals surface area contributed by atoms with E-state index in [1.54, 1.807) is 18.6 Å². The summed E-state index contributed by atoms with van der Waals surface area (Å²) >= 11 is 0. The Morgan fingerprint density at radius 1 is 1.10 bits per heavy atom. The molecule has 0 aliphatic carbocycles. The number of hydrogen-bond acceptors (Lipinski definition) is 7. The van der Waals surface area contributed by atoms with E-state index in [4.69, 9.17) is 0 Å². The predicted molar refractivity (Wildman–Crippen MR) is 113 cm³/mol. The topological polar surface area (TPSA) is 102 Å². The zero-order valence-corrected chi connectivity index (χ0v) is 15.9. The van der Waals surface area contributed by atoms with Crippen molar-refractivity contribution >= 4 is 39.6 Å². The number of H-pyrrole nitrogens is 1. The number of pyridine rings is 1. The van der Waals surface area contributed by atoms with Gasteiger partial charge in [-0.3, -0.25) is 19.9 Å². The van der Waals surface area contributed by atoms with Crippen molar-refractivity contribution in [2.45, 2.75) is 6.42 Å². The van der Waals surface area contributed by atoms with E-state index >= 15 is 0 Å². The number of nitrogens with zero attached hydrogens (tertiary/aromatic N) is 5. The van der Waals surface area contributed by atoms with Crippen molar-refractivity contribution < 1.29 is 4.79 Å². The SMILES string of the molecule is O=C(Nc1cnccc1N1CCNCC1)C1=NN(c2ccc3[nH]ncc3c2)CC1. The summed E-state index contributed by atoms with van der Waals surface area (Å²) in [7, 11) is 0. The molecule has 9 heteroatoms. The van der Waals surface area contributed by atoms with Crippen molar-refractivity contribution in [3.8, 4) is 0 Å². The Morgan fingerprint density at radius 3 is 2.90 bits per heavy atom. The summed E-state index contributed by atoms with van der Waals surface area (Å²) in [5, 5.41) is 20.8. The minimum Gasteiger partial charge on any atom is -0.367 e. The van der Waals surface area contributed by atoms with Gasteiger partial charge in [0.2, 0.25) is 0 Å². The Morgan fingerprint density at radius 2 is 2.00 bits per heavy atom. The lowest BCUT2D eigenvalue weighted by Crippen LogP contribution is -2.43. The van der Waals surface area contributed by atoms with Gasteiger partial charge in [0.15, 0.2) is 0 Å². The van der Waals surface area contributed by atoms with Crippen molar-refractivity contribution in [2.75, 3.05) is 47.9 Å². The van der Waals surface area contributed by atoms with Crippen LogP contribution in [0.2, 0.25) is 0 Å². The van der Waals surface area contributed by atoms with Crippen molar-refractivity contribution in [3.63, 3.8) is 0 Å². The molecule has 3 aromatic rings. The number of aromatic nitrogens is 3. The van der Waals surface area contributed by atoms with Gasteiger partial charge in [0.05, 0.1) is 35.0 Å². The van der Waals surface area contributed by atoms with Gasteiger partial charge in [-0.05, 0) is 24.3 Å². The number of aromatic amines is 1. The van der Waals surface area contributed by atoms with Gasteiger partial charge in [0.25, 0.3) is 5.91 Å². The molecule has 1 fully saturated rings. The highest BCUT2D eigenvalue weighted by atomic mass is 16.2. The van der Waals surface area contributed by atoms with Gasteiger partial charge in [0, 0.05) is 50.7 Å². The van der Waals surface area contributed by atoms with E-state index in [0.29, 0.717) is 18.7 Å². The minimum absolute atomic E-state index is 0.179. The van der Waals surface area contributed by atoms with E-state index in [-0.39, 0.29) is 5.91 Å². The number of carbonyl (C=O) groups is 1. The van der Waals surface area contributed by atoms with Crippen molar-refractivity contribution in [2.24, 2.45) is 5.10 Å². The normalized spacial score (nSPS) is 16.9. The van der Waals surface area contributed by atoms with Gasteiger partial charge in [-0.1, -0.05) is 0 Å². The lowest BCUT2D eigenvalue weighted by Gasteiger charge is -2.30. The maximum absolute atomic E-state index is 12.9. The molecule has 0 unspecified atom stereocenters. The molecule has 1 saturated heterocycles. The summed E-state index contributed by atoms with van der Waals surface area (Å²) in [6.45, 7) is 4.33. The molecule has 29 heavy (non-hydrogen) atoms. The first-order valence-electron chi connectivity index (χ1n) is 9.77. The molecule has 1 amide bonds. The molecule has 5 rings (SSSR count). The first kappa shape index (κ1) is 17.6. The van der Waals surface area contributed by atoms with E-state index in [2.05, 4.69) is 35.8 Å². The van der Waals surface area contributed by atoms with Crippen molar-refractivity contribution in [3.05, 3.63) is 42.9 Å². The molecular weight excluding hydrogens is 368 g/mol. The van der Waals surface area contributed by atoms with Crippen LogP contribution in [0.25, 0.3) is 10.9 Å². The molecule has 4 heterocycles. The number of carbonyl (C=O) groups excluding carboxylic acids is 1. The molecule has 2 aliphatic heterocycles. The zero-order chi connectivity index (χ0) is 19.6. The van der Waals surface area contributed by atoms with Gasteiger partial charge in [-0.15, -0.1) is 0 Å². The van der Waals surface area contributed by atoms with Gasteiger partial charge in [-0.25, -0.2) is 0 Å². The van der Waals surface area contributed by atoms with Crippen LogP contribution in [-0.4, -0.2) is 59.5 Å². The number of fused-ring (bicyclic) bond motifs is 1. The lowest BCUT2D eigenvalue weighted by molar-refractivity contribution is -0.110. The first-order valence-corrected chi connectivity index (χ1v) is 9.77. The molecule has 0 radical (unpaired) electrons. The van der Waals surface area contributed by atoms with E-state index < -0.39 is 0 Å². The van der Waals surface area contributed by atoms with E-state index in [1.165, 1.54) is 0 Å². The first-order chi connectivity index (χ1) is 14.3. The highest BCUT2D eigenvalue weighted by Crippen LogP contribution is 2.26. The van der Waals surface area contributed by atoms with Gasteiger partial charge < -0.3 is 15.5 Å². The molecule has 0 bridgehead atoms. The monoisotopic (exact) mass is 390 g/mol. The number of anilines is 3. The molecule has 2 aliphatic rings. The number of hydrazone groups is 1. The van der Waals surface area contributed by atoms with Gasteiger partial charge in [0.1, 0.15) is 5.71 Å². The zero-order valence-electron chi connectivity index (χ0n) is 15.9. The highest BCUT2D eigenvalue weighted by molar-refractivity contribution is 6.44. The number of hydrogen-bond donors (Lipinski definition) is 3. The molecular formula is C20H22N8O. The Hall–Kier alpha value is -3.46. The van der Waals surface area contributed by atoms with Crippen molar-refractivity contribution in [1.82, 2.24) is 20.5 Å². The van der Waals surface area contributed by atoms with Crippen LogP contribution in [0.15, 0.2) is 48.0 Å². The van der Waals surface area contributed by atoms with Gasteiger partial charge >= 0.3 is 0 Å². The fourth-order valence-corrected chi connectivity index (χ4v) is 3.75. The lowest BCUT2D eigenvalue weighted by atomic mass is 10.2. The average Bonchev–Trinajstić information content (AvgIpc) is 3.44. The maximum atomic E-state index is 12.9.